The molecule has 0 heterocycles. The largest absolute Gasteiger partial charge is 0.449 e. The van der Waals surface area contributed by atoms with Crippen molar-refractivity contribution < 1.29 is 22.7 Å². The number of esters is 1. The second-order valence-corrected chi connectivity index (χ2v) is 8.54. The molecule has 8 heteroatoms. The normalized spacial score (nSPS) is 17.6. The summed E-state index contributed by atoms with van der Waals surface area (Å²) in [6.45, 7) is 1.39. The van der Waals surface area contributed by atoms with E-state index in [-0.39, 0.29) is 10.5 Å². The third-order valence-corrected chi connectivity index (χ3v) is 5.60. The van der Waals surface area contributed by atoms with Crippen LogP contribution in [0.5, 0.6) is 0 Å². The second-order valence-electron chi connectivity index (χ2n) is 6.56. The molecule has 1 aliphatic rings. The molecule has 7 nitrogen and oxygen atoms in total. The van der Waals surface area contributed by atoms with Gasteiger partial charge in [0.05, 0.1) is 16.5 Å². The summed E-state index contributed by atoms with van der Waals surface area (Å²) in [4.78, 5) is 24.5. The van der Waals surface area contributed by atoms with Gasteiger partial charge in [-0.1, -0.05) is 31.4 Å². The van der Waals surface area contributed by atoms with Crippen molar-refractivity contribution in [3.8, 4) is 6.07 Å². The van der Waals surface area contributed by atoms with E-state index in [1.165, 1.54) is 31.2 Å². The predicted octanol–water partition coefficient (Wildman–Crippen LogP) is 1.98. The summed E-state index contributed by atoms with van der Waals surface area (Å²) in [7, 11) is -3.62. The minimum Gasteiger partial charge on any atom is -0.449 e. The van der Waals surface area contributed by atoms with Crippen LogP contribution in [0.1, 0.15) is 49.4 Å². The molecular formula is C18H22N2O5S. The fraction of sp³-hybridized carbons (Fsp3) is 0.500. The van der Waals surface area contributed by atoms with Gasteiger partial charge >= 0.3 is 5.97 Å². The maximum atomic E-state index is 12.4. The number of nitrogens with one attached hydrogen (secondary N) is 1. The Hall–Kier alpha value is -2.40. The summed E-state index contributed by atoms with van der Waals surface area (Å²) >= 11 is 0. The lowest BCUT2D eigenvalue weighted by Crippen LogP contribution is -2.52. The molecule has 0 aromatic heterocycles. The number of hydrogen-bond acceptors (Lipinski definition) is 6. The molecule has 0 saturated heterocycles. The van der Waals surface area contributed by atoms with Crippen molar-refractivity contribution >= 4 is 21.7 Å². The first kappa shape index (κ1) is 19.9. The van der Waals surface area contributed by atoms with E-state index in [2.05, 4.69) is 11.4 Å². The molecular weight excluding hydrogens is 356 g/mol. The van der Waals surface area contributed by atoms with E-state index in [4.69, 9.17) is 4.74 Å². The Morgan fingerprint density at radius 3 is 2.42 bits per heavy atom. The third-order valence-electron chi connectivity index (χ3n) is 4.44. The van der Waals surface area contributed by atoms with E-state index in [1.807, 2.05) is 0 Å². The maximum Gasteiger partial charge on any atom is 0.340 e. The van der Waals surface area contributed by atoms with Crippen molar-refractivity contribution in [2.75, 3.05) is 6.26 Å². The fourth-order valence-corrected chi connectivity index (χ4v) is 3.87. The summed E-state index contributed by atoms with van der Waals surface area (Å²) in [5, 5.41) is 12.1. The molecule has 140 valence electrons. The summed E-state index contributed by atoms with van der Waals surface area (Å²) in [5.74, 6) is -1.47. The highest BCUT2D eigenvalue weighted by molar-refractivity contribution is 7.90. The Kier molecular flexibility index (Phi) is 6.03. The molecule has 0 radical (unpaired) electrons. The number of carbonyl (C=O) groups is 2. The molecule has 1 amide bonds. The van der Waals surface area contributed by atoms with E-state index < -0.39 is 33.4 Å². The van der Waals surface area contributed by atoms with Crippen molar-refractivity contribution in [3.05, 3.63) is 29.8 Å². The molecule has 0 bridgehead atoms. The Morgan fingerprint density at radius 2 is 1.85 bits per heavy atom. The lowest BCUT2D eigenvalue weighted by molar-refractivity contribution is -0.130. The highest BCUT2D eigenvalue weighted by atomic mass is 32.2. The molecule has 1 fully saturated rings. The van der Waals surface area contributed by atoms with Crippen LogP contribution in [0.4, 0.5) is 0 Å². The number of nitrogens with zero attached hydrogens (tertiary/aromatic N) is 1. The zero-order valence-electron chi connectivity index (χ0n) is 14.8. The zero-order valence-corrected chi connectivity index (χ0v) is 15.6. The van der Waals surface area contributed by atoms with Gasteiger partial charge < -0.3 is 10.1 Å². The van der Waals surface area contributed by atoms with Crippen LogP contribution in [0.3, 0.4) is 0 Å². The molecule has 1 aromatic rings. The van der Waals surface area contributed by atoms with E-state index in [0.29, 0.717) is 12.8 Å². The van der Waals surface area contributed by atoms with Crippen LogP contribution >= 0.6 is 0 Å². The van der Waals surface area contributed by atoms with Crippen LogP contribution < -0.4 is 5.32 Å². The highest BCUT2D eigenvalue weighted by Crippen LogP contribution is 2.27. The molecule has 1 unspecified atom stereocenters. The minimum absolute atomic E-state index is 0.123. The first-order valence-electron chi connectivity index (χ1n) is 8.42. The zero-order chi connectivity index (χ0) is 19.4. The smallest absolute Gasteiger partial charge is 0.340 e. The first-order chi connectivity index (χ1) is 12.2. The standard InChI is InChI=1S/C18H22N2O5S/c1-13(16(21)20-18(12-19)10-6-3-7-11-18)25-17(22)14-8-4-5-9-15(14)26(2,23)24/h4-5,8-9,13H,3,6-7,10-11H2,1-2H3,(H,20,21). The van der Waals surface area contributed by atoms with Gasteiger partial charge in [0.25, 0.3) is 5.91 Å². The van der Waals surface area contributed by atoms with Gasteiger partial charge in [-0.25, -0.2) is 13.2 Å². The van der Waals surface area contributed by atoms with Crippen molar-refractivity contribution in [2.24, 2.45) is 0 Å². The highest BCUT2D eigenvalue weighted by Gasteiger charge is 2.35. The van der Waals surface area contributed by atoms with Crippen LogP contribution in [0.2, 0.25) is 0 Å². The maximum absolute atomic E-state index is 12.4. The molecule has 1 aliphatic carbocycles. The van der Waals surface area contributed by atoms with E-state index in [9.17, 15) is 23.3 Å². The average Bonchev–Trinajstić information content (AvgIpc) is 2.61. The Labute approximate surface area is 153 Å². The number of hydrogen-bond donors (Lipinski definition) is 1. The van der Waals surface area contributed by atoms with Gasteiger partial charge in [0.2, 0.25) is 0 Å². The third kappa shape index (κ3) is 4.61. The number of benzene rings is 1. The van der Waals surface area contributed by atoms with Crippen LogP contribution in [0, 0.1) is 11.3 Å². The summed E-state index contributed by atoms with van der Waals surface area (Å²) in [6, 6.07) is 7.83. The Bertz CT molecular complexity index is 835. The topological polar surface area (TPSA) is 113 Å². The summed E-state index contributed by atoms with van der Waals surface area (Å²) in [5.41, 5.74) is -1.05. The van der Waals surface area contributed by atoms with Crippen molar-refractivity contribution in [2.45, 2.75) is 55.6 Å². The van der Waals surface area contributed by atoms with Gasteiger partial charge in [0, 0.05) is 6.26 Å². The lowest BCUT2D eigenvalue weighted by Gasteiger charge is -2.32. The van der Waals surface area contributed by atoms with Crippen molar-refractivity contribution in [1.82, 2.24) is 5.32 Å². The van der Waals surface area contributed by atoms with Gasteiger partial charge in [-0.15, -0.1) is 0 Å². The molecule has 1 saturated carbocycles. The molecule has 2 rings (SSSR count). The van der Waals surface area contributed by atoms with E-state index >= 15 is 0 Å². The Morgan fingerprint density at radius 1 is 1.23 bits per heavy atom. The number of rotatable bonds is 5. The van der Waals surface area contributed by atoms with Gasteiger partial charge in [0.15, 0.2) is 15.9 Å². The van der Waals surface area contributed by atoms with E-state index in [1.54, 1.807) is 0 Å². The average molecular weight is 378 g/mol. The number of nitriles is 1. The van der Waals surface area contributed by atoms with Crippen molar-refractivity contribution in [3.63, 3.8) is 0 Å². The lowest BCUT2D eigenvalue weighted by atomic mass is 9.83. The van der Waals surface area contributed by atoms with Crippen LogP contribution in [0.15, 0.2) is 29.2 Å². The van der Waals surface area contributed by atoms with E-state index in [0.717, 1.165) is 25.5 Å². The quantitative estimate of drug-likeness (QED) is 0.784. The van der Waals surface area contributed by atoms with Crippen LogP contribution in [-0.2, 0) is 19.4 Å². The molecule has 0 aliphatic heterocycles. The number of ether oxygens (including phenoxy) is 1. The first-order valence-corrected chi connectivity index (χ1v) is 10.3. The molecule has 1 N–H and O–H groups in total. The summed E-state index contributed by atoms with van der Waals surface area (Å²) in [6.07, 6.45) is 3.69. The molecule has 0 spiro atoms. The predicted molar refractivity (Wildman–Crippen MR) is 94.0 cm³/mol. The van der Waals surface area contributed by atoms with Gasteiger partial charge in [-0.2, -0.15) is 5.26 Å². The second kappa shape index (κ2) is 7.87. The monoisotopic (exact) mass is 378 g/mol. The summed E-state index contributed by atoms with van der Waals surface area (Å²) < 4.78 is 28.7. The number of amides is 1. The van der Waals surface area contributed by atoms with Gasteiger partial charge in [-0.05, 0) is 31.9 Å². The number of sulfone groups is 1. The molecule has 1 atom stereocenters. The van der Waals surface area contributed by atoms with Crippen LogP contribution in [0.25, 0.3) is 0 Å². The fourth-order valence-electron chi connectivity index (χ4n) is 2.99. The van der Waals surface area contributed by atoms with Crippen molar-refractivity contribution in [1.29, 1.82) is 5.26 Å². The SMILES string of the molecule is CC(OC(=O)c1ccccc1S(C)(=O)=O)C(=O)NC1(C#N)CCCCC1. The molecule has 1 aromatic carbocycles. The van der Waals surface area contributed by atoms with Gasteiger partial charge in [-0.3, -0.25) is 4.79 Å². The van der Waals surface area contributed by atoms with Crippen LogP contribution in [-0.4, -0.2) is 38.2 Å². The minimum atomic E-state index is -3.62. The molecule has 26 heavy (non-hydrogen) atoms. The Balaban J connectivity index is 2.10. The number of carbonyl (C=O) groups excluding carboxylic acids is 2. The van der Waals surface area contributed by atoms with Gasteiger partial charge in [0.1, 0.15) is 5.54 Å².